The molecule has 0 bridgehead atoms. The highest BCUT2D eigenvalue weighted by molar-refractivity contribution is 5.91. The van der Waals surface area contributed by atoms with Crippen molar-refractivity contribution in [1.29, 1.82) is 0 Å². The molecule has 2 N–H and O–H groups in total. The van der Waals surface area contributed by atoms with Crippen LogP contribution in [0.3, 0.4) is 0 Å². The fourth-order valence-corrected chi connectivity index (χ4v) is 2.13. The Kier molecular flexibility index (Phi) is 5.87. The van der Waals surface area contributed by atoms with Gasteiger partial charge in [-0.2, -0.15) is 0 Å². The van der Waals surface area contributed by atoms with E-state index in [4.69, 9.17) is 4.74 Å². The zero-order chi connectivity index (χ0) is 17.7. The number of carbonyl (C=O) groups excluding carboxylic acids is 1. The summed E-state index contributed by atoms with van der Waals surface area (Å²) < 4.78 is 5.58. The van der Waals surface area contributed by atoms with Gasteiger partial charge in [0.15, 0.2) is 5.69 Å². The molecule has 6 nitrogen and oxygen atoms in total. The van der Waals surface area contributed by atoms with Crippen molar-refractivity contribution in [3.63, 3.8) is 0 Å². The molecule has 6 heteroatoms. The first-order chi connectivity index (χ1) is 11.4. The number of benzene rings is 1. The molecule has 0 atom stereocenters. The van der Waals surface area contributed by atoms with Crippen molar-refractivity contribution >= 4 is 5.91 Å². The lowest BCUT2D eigenvalue weighted by Gasteiger charge is -2.10. The third-order valence-corrected chi connectivity index (χ3v) is 3.58. The molecular formula is C18H23N3O3. The van der Waals surface area contributed by atoms with E-state index in [1.807, 2.05) is 38.1 Å². The molecule has 1 aromatic carbocycles. The van der Waals surface area contributed by atoms with Gasteiger partial charge in [-0.05, 0) is 38.8 Å². The number of hydrogen-bond donors (Lipinski definition) is 2. The zero-order valence-corrected chi connectivity index (χ0v) is 14.5. The summed E-state index contributed by atoms with van der Waals surface area (Å²) in [5.74, 6) is -0.483. The number of carbonyl (C=O) groups is 1. The first kappa shape index (κ1) is 17.9. The van der Waals surface area contributed by atoms with E-state index in [0.29, 0.717) is 24.5 Å². The van der Waals surface area contributed by atoms with E-state index < -0.39 is 11.5 Å². The third-order valence-electron chi connectivity index (χ3n) is 3.58. The van der Waals surface area contributed by atoms with Gasteiger partial charge in [-0.3, -0.25) is 9.59 Å². The van der Waals surface area contributed by atoms with E-state index in [1.165, 1.54) is 0 Å². The van der Waals surface area contributed by atoms with Crippen molar-refractivity contribution in [3.05, 3.63) is 62.8 Å². The fraction of sp³-hybridized carbons (Fsp3) is 0.389. The van der Waals surface area contributed by atoms with Crippen LogP contribution in [0, 0.1) is 13.8 Å². The van der Waals surface area contributed by atoms with Gasteiger partial charge >= 0.3 is 0 Å². The molecule has 0 aliphatic heterocycles. The van der Waals surface area contributed by atoms with Crippen molar-refractivity contribution in [3.8, 4) is 0 Å². The highest BCUT2D eigenvalue weighted by Gasteiger charge is 2.13. The van der Waals surface area contributed by atoms with Gasteiger partial charge in [0.25, 0.3) is 11.5 Å². The van der Waals surface area contributed by atoms with Gasteiger partial charge in [0, 0.05) is 12.2 Å². The van der Waals surface area contributed by atoms with E-state index in [2.05, 4.69) is 15.3 Å². The molecule has 0 saturated carbocycles. The molecule has 24 heavy (non-hydrogen) atoms. The largest absolute Gasteiger partial charge is 0.374 e. The topological polar surface area (TPSA) is 84.1 Å². The van der Waals surface area contributed by atoms with Crippen LogP contribution < -0.4 is 10.9 Å². The summed E-state index contributed by atoms with van der Waals surface area (Å²) in [6.07, 6.45) is 0.163. The quantitative estimate of drug-likeness (QED) is 0.851. The van der Waals surface area contributed by atoms with Gasteiger partial charge in [-0.1, -0.05) is 24.3 Å². The van der Waals surface area contributed by atoms with Crippen molar-refractivity contribution in [2.75, 3.05) is 0 Å². The Morgan fingerprint density at radius 3 is 2.71 bits per heavy atom. The van der Waals surface area contributed by atoms with Gasteiger partial charge in [-0.25, -0.2) is 4.98 Å². The van der Waals surface area contributed by atoms with Crippen LogP contribution in [-0.4, -0.2) is 22.0 Å². The summed E-state index contributed by atoms with van der Waals surface area (Å²) in [7, 11) is 0. The van der Waals surface area contributed by atoms with Crippen molar-refractivity contribution in [2.45, 2.75) is 47.0 Å². The van der Waals surface area contributed by atoms with Crippen molar-refractivity contribution < 1.29 is 9.53 Å². The van der Waals surface area contributed by atoms with Crippen LogP contribution >= 0.6 is 0 Å². The first-order valence-electron chi connectivity index (χ1n) is 7.92. The van der Waals surface area contributed by atoms with E-state index in [9.17, 15) is 9.59 Å². The summed E-state index contributed by atoms with van der Waals surface area (Å²) in [5.41, 5.74) is 2.68. The second kappa shape index (κ2) is 7.88. The minimum absolute atomic E-state index is 0.114. The standard InChI is InChI=1S/C18H23N3O3/c1-11(2)24-10-15-7-5-6-14(8-15)9-19-17(22)16-18(23)21-13(4)12(3)20-16/h5-8,11H,9-10H2,1-4H3,(H,19,22)(H,21,23). The second-order valence-corrected chi connectivity index (χ2v) is 5.99. The first-order valence-corrected chi connectivity index (χ1v) is 7.92. The number of nitrogens with zero attached hydrogens (tertiary/aromatic N) is 1. The highest BCUT2D eigenvalue weighted by atomic mass is 16.5. The van der Waals surface area contributed by atoms with E-state index in [0.717, 1.165) is 11.1 Å². The monoisotopic (exact) mass is 329 g/mol. The van der Waals surface area contributed by atoms with Crippen LogP contribution in [0.1, 0.15) is 46.9 Å². The predicted octanol–water partition coefficient (Wildman–Crippen LogP) is 2.24. The van der Waals surface area contributed by atoms with Gasteiger partial charge < -0.3 is 15.0 Å². The molecular weight excluding hydrogens is 306 g/mol. The number of ether oxygens (including phenoxy) is 1. The summed E-state index contributed by atoms with van der Waals surface area (Å²) in [5, 5.41) is 2.73. The number of nitrogens with one attached hydrogen (secondary N) is 2. The molecule has 0 unspecified atom stereocenters. The van der Waals surface area contributed by atoms with Crippen LogP contribution in [0.15, 0.2) is 29.1 Å². The molecule has 128 valence electrons. The maximum atomic E-state index is 12.2. The lowest BCUT2D eigenvalue weighted by Crippen LogP contribution is -2.31. The number of H-pyrrole nitrogens is 1. The predicted molar refractivity (Wildman–Crippen MR) is 91.9 cm³/mol. The number of aromatic nitrogens is 2. The molecule has 1 amide bonds. The molecule has 0 radical (unpaired) electrons. The van der Waals surface area contributed by atoms with E-state index in [1.54, 1.807) is 13.8 Å². The Bertz CT molecular complexity index is 781. The number of aryl methyl sites for hydroxylation is 2. The van der Waals surface area contributed by atoms with Gasteiger partial charge in [0.1, 0.15) is 0 Å². The molecule has 0 aliphatic rings. The Hall–Kier alpha value is -2.47. The molecule has 0 fully saturated rings. The second-order valence-electron chi connectivity index (χ2n) is 5.99. The minimum atomic E-state index is -0.483. The zero-order valence-electron chi connectivity index (χ0n) is 14.5. The SMILES string of the molecule is Cc1nc(C(=O)NCc2cccc(COC(C)C)c2)c(=O)[nH]c1C. The van der Waals surface area contributed by atoms with E-state index >= 15 is 0 Å². The lowest BCUT2D eigenvalue weighted by atomic mass is 10.1. The summed E-state index contributed by atoms with van der Waals surface area (Å²) >= 11 is 0. The van der Waals surface area contributed by atoms with Crippen LogP contribution in [0.4, 0.5) is 0 Å². The molecule has 2 aromatic rings. The normalized spacial score (nSPS) is 10.9. The number of rotatable bonds is 6. The Balaban J connectivity index is 2.03. The van der Waals surface area contributed by atoms with Gasteiger partial charge in [0.05, 0.1) is 18.4 Å². The molecule has 0 aliphatic carbocycles. The molecule has 0 saturated heterocycles. The number of amides is 1. The average molecular weight is 329 g/mol. The Morgan fingerprint density at radius 2 is 2.00 bits per heavy atom. The summed E-state index contributed by atoms with van der Waals surface area (Å²) in [6.45, 7) is 8.31. The molecule has 0 spiro atoms. The molecule has 1 heterocycles. The lowest BCUT2D eigenvalue weighted by molar-refractivity contribution is 0.0657. The highest BCUT2D eigenvalue weighted by Crippen LogP contribution is 2.08. The smallest absolute Gasteiger partial charge is 0.279 e. The van der Waals surface area contributed by atoms with Gasteiger partial charge in [0.2, 0.25) is 0 Å². The Morgan fingerprint density at radius 1 is 1.29 bits per heavy atom. The maximum Gasteiger partial charge on any atom is 0.279 e. The van der Waals surface area contributed by atoms with Crippen molar-refractivity contribution in [1.82, 2.24) is 15.3 Å². The molecule has 2 rings (SSSR count). The van der Waals surface area contributed by atoms with Crippen LogP contribution in [0.2, 0.25) is 0 Å². The van der Waals surface area contributed by atoms with Gasteiger partial charge in [-0.15, -0.1) is 0 Å². The van der Waals surface area contributed by atoms with Crippen LogP contribution in [0.5, 0.6) is 0 Å². The Labute approximate surface area is 141 Å². The van der Waals surface area contributed by atoms with Crippen LogP contribution in [0.25, 0.3) is 0 Å². The van der Waals surface area contributed by atoms with Crippen molar-refractivity contribution in [2.24, 2.45) is 0 Å². The number of aromatic amines is 1. The summed E-state index contributed by atoms with van der Waals surface area (Å²) in [4.78, 5) is 30.7. The maximum absolute atomic E-state index is 12.2. The number of hydrogen-bond acceptors (Lipinski definition) is 4. The average Bonchev–Trinajstić information content (AvgIpc) is 2.54. The summed E-state index contributed by atoms with van der Waals surface area (Å²) in [6, 6.07) is 7.78. The minimum Gasteiger partial charge on any atom is -0.374 e. The fourth-order valence-electron chi connectivity index (χ4n) is 2.13. The van der Waals surface area contributed by atoms with E-state index in [-0.39, 0.29) is 11.8 Å². The third kappa shape index (κ3) is 4.76. The van der Waals surface area contributed by atoms with Crippen LogP contribution in [-0.2, 0) is 17.9 Å². The molecule has 1 aromatic heterocycles.